The predicted octanol–water partition coefficient (Wildman–Crippen LogP) is 4.26. The second-order valence-corrected chi connectivity index (χ2v) is 9.66. The number of aromatic nitrogens is 4. The van der Waals surface area contributed by atoms with Gasteiger partial charge in [0.1, 0.15) is 5.82 Å². The number of carbonyl (C=O) groups excluding carboxylic acids is 1. The molecule has 3 heterocycles. The smallest absolute Gasteiger partial charge is 0.253 e. The van der Waals surface area contributed by atoms with Crippen molar-refractivity contribution in [3.8, 4) is 11.5 Å². The van der Waals surface area contributed by atoms with E-state index in [-0.39, 0.29) is 23.7 Å². The van der Waals surface area contributed by atoms with E-state index in [0.29, 0.717) is 36.1 Å². The third kappa shape index (κ3) is 6.68. The van der Waals surface area contributed by atoms with Gasteiger partial charge in [0.15, 0.2) is 0 Å². The number of nitrogens with zero attached hydrogens (tertiary/aromatic N) is 4. The van der Waals surface area contributed by atoms with Crippen molar-refractivity contribution in [3.63, 3.8) is 0 Å². The third-order valence-corrected chi connectivity index (χ3v) is 5.62. The molecule has 37 heavy (non-hydrogen) atoms. The third-order valence-electron chi connectivity index (χ3n) is 5.62. The molecule has 0 aliphatic carbocycles. The Balaban J connectivity index is 0.000000301. The van der Waals surface area contributed by atoms with Gasteiger partial charge >= 0.3 is 0 Å². The minimum atomic E-state index is -0.256. The van der Waals surface area contributed by atoms with Crippen LogP contribution in [0, 0.1) is 0 Å². The van der Waals surface area contributed by atoms with Gasteiger partial charge in [-0.1, -0.05) is 51.1 Å². The number of benzene rings is 2. The number of hydrogen-bond donors (Lipinski definition) is 4. The Bertz CT molecular complexity index is 1360. The monoisotopic (exact) mass is 501 g/mol. The lowest BCUT2D eigenvalue weighted by Crippen LogP contribution is -2.18. The number of aryl methyl sites for hydroxylation is 1. The molecule has 0 unspecified atom stereocenters. The molecule has 1 amide bonds. The minimum Gasteiger partial charge on any atom is -0.420 e. The van der Waals surface area contributed by atoms with Gasteiger partial charge in [-0.2, -0.15) is 4.98 Å². The number of amides is 1. The molecule has 192 valence electrons. The van der Waals surface area contributed by atoms with Crippen molar-refractivity contribution in [1.82, 2.24) is 20.2 Å². The van der Waals surface area contributed by atoms with Gasteiger partial charge in [-0.05, 0) is 42.2 Å². The number of carbonyl (C=O) groups is 1. The van der Waals surface area contributed by atoms with Gasteiger partial charge in [0.05, 0.1) is 5.56 Å². The van der Waals surface area contributed by atoms with Gasteiger partial charge in [0.25, 0.3) is 5.89 Å². The topological polar surface area (TPSA) is 152 Å². The standard InChI is InChI=1S/C19H21N7O2.C8H10O/c1-19(2,3)17-26-25-16(28-17)12-9-21-18(24-15(12)20)22-11-5-6-13-10(8-11)4-7-14(27)23-13;9-7-6-8-4-2-1-3-5-8/h5-6,8-9H,4,7H2,1-3H3,(H,23,27)(H3,20,21,22,24);1-5,9H,6-7H2. The number of nitrogens with two attached hydrogens (primary N) is 1. The molecule has 2 aromatic carbocycles. The quantitative estimate of drug-likeness (QED) is 0.314. The molecule has 1 aliphatic heterocycles. The first kappa shape index (κ1) is 25.8. The summed E-state index contributed by atoms with van der Waals surface area (Å²) in [6, 6.07) is 15.6. The van der Waals surface area contributed by atoms with Crippen molar-refractivity contribution in [2.24, 2.45) is 0 Å². The Hall–Kier alpha value is -4.31. The average molecular weight is 502 g/mol. The highest BCUT2D eigenvalue weighted by Gasteiger charge is 2.23. The summed E-state index contributed by atoms with van der Waals surface area (Å²) in [5.41, 5.74) is 10.2. The first-order valence-corrected chi connectivity index (χ1v) is 12.0. The highest BCUT2D eigenvalue weighted by molar-refractivity contribution is 5.94. The molecular formula is C27H31N7O3. The number of nitrogens with one attached hydrogen (secondary N) is 2. The largest absolute Gasteiger partial charge is 0.420 e. The van der Waals surface area contributed by atoms with Crippen molar-refractivity contribution in [1.29, 1.82) is 0 Å². The lowest BCUT2D eigenvalue weighted by atomic mass is 9.97. The number of fused-ring (bicyclic) bond motifs is 1. The van der Waals surface area contributed by atoms with E-state index in [1.54, 1.807) is 6.20 Å². The van der Waals surface area contributed by atoms with E-state index in [0.717, 1.165) is 23.4 Å². The van der Waals surface area contributed by atoms with Crippen LogP contribution >= 0.6 is 0 Å². The number of aliphatic hydroxyl groups excluding tert-OH is 1. The molecule has 0 radical (unpaired) electrons. The molecular weight excluding hydrogens is 470 g/mol. The Morgan fingerprint density at radius 3 is 2.57 bits per heavy atom. The molecule has 4 aromatic rings. The summed E-state index contributed by atoms with van der Waals surface area (Å²) in [5.74, 6) is 1.45. The molecule has 0 spiro atoms. The number of anilines is 4. The molecule has 10 heteroatoms. The lowest BCUT2D eigenvalue weighted by molar-refractivity contribution is -0.116. The van der Waals surface area contributed by atoms with Gasteiger partial charge in [-0.15, -0.1) is 10.2 Å². The van der Waals surface area contributed by atoms with E-state index in [9.17, 15) is 4.79 Å². The van der Waals surface area contributed by atoms with Crippen molar-refractivity contribution in [2.75, 3.05) is 23.0 Å². The highest BCUT2D eigenvalue weighted by atomic mass is 16.4. The van der Waals surface area contributed by atoms with Crippen LogP contribution in [0.25, 0.3) is 11.5 Å². The van der Waals surface area contributed by atoms with Crippen LogP contribution in [-0.4, -0.2) is 37.8 Å². The molecule has 2 aromatic heterocycles. The van der Waals surface area contributed by atoms with Crippen LogP contribution in [0.5, 0.6) is 0 Å². The molecule has 5 rings (SSSR count). The maximum atomic E-state index is 11.5. The van der Waals surface area contributed by atoms with E-state index in [2.05, 4.69) is 30.8 Å². The summed E-state index contributed by atoms with van der Waals surface area (Å²) >= 11 is 0. The second kappa shape index (κ2) is 11.2. The van der Waals surface area contributed by atoms with Gasteiger partial charge < -0.3 is 25.9 Å². The zero-order valence-corrected chi connectivity index (χ0v) is 21.2. The first-order valence-electron chi connectivity index (χ1n) is 12.0. The van der Waals surface area contributed by atoms with Crippen LogP contribution in [0.2, 0.25) is 0 Å². The van der Waals surface area contributed by atoms with Crippen LogP contribution in [0.3, 0.4) is 0 Å². The van der Waals surface area contributed by atoms with E-state index in [4.69, 9.17) is 15.3 Å². The SMILES string of the molecule is CC(C)(C)c1nnc(-c2cnc(Nc3ccc4c(c3)CCC(=O)N4)nc2N)o1.OCCc1ccccc1. The van der Waals surface area contributed by atoms with Crippen LogP contribution in [-0.2, 0) is 23.1 Å². The molecule has 0 saturated heterocycles. The Labute approximate surface area is 215 Å². The number of rotatable bonds is 5. The van der Waals surface area contributed by atoms with Crippen LogP contribution in [0.1, 0.15) is 44.2 Å². The van der Waals surface area contributed by atoms with Crippen molar-refractivity contribution in [3.05, 3.63) is 71.7 Å². The zero-order chi connectivity index (χ0) is 26.4. The minimum absolute atomic E-state index is 0.0375. The summed E-state index contributed by atoms with van der Waals surface area (Å²) in [6.45, 7) is 6.20. The van der Waals surface area contributed by atoms with Gasteiger partial charge in [-0.3, -0.25) is 4.79 Å². The van der Waals surface area contributed by atoms with E-state index < -0.39 is 0 Å². The Morgan fingerprint density at radius 1 is 1.11 bits per heavy atom. The van der Waals surface area contributed by atoms with E-state index in [1.807, 2.05) is 69.3 Å². The maximum Gasteiger partial charge on any atom is 0.253 e. The van der Waals surface area contributed by atoms with Gasteiger partial charge in [-0.25, -0.2) is 4.98 Å². The summed E-state index contributed by atoms with van der Waals surface area (Å²) in [5, 5.41) is 22.6. The summed E-state index contributed by atoms with van der Waals surface area (Å²) in [6.07, 6.45) is 3.51. The number of aliphatic hydroxyl groups is 1. The van der Waals surface area contributed by atoms with Crippen LogP contribution in [0.4, 0.5) is 23.1 Å². The zero-order valence-electron chi connectivity index (χ0n) is 21.2. The Morgan fingerprint density at radius 2 is 1.89 bits per heavy atom. The Kier molecular flexibility index (Phi) is 7.78. The summed E-state index contributed by atoms with van der Waals surface area (Å²) in [7, 11) is 0. The van der Waals surface area contributed by atoms with Crippen LogP contribution in [0.15, 0.2) is 59.1 Å². The lowest BCUT2D eigenvalue weighted by Gasteiger charge is -2.17. The molecule has 0 bridgehead atoms. The molecule has 0 saturated carbocycles. The first-order chi connectivity index (χ1) is 17.7. The molecule has 10 nitrogen and oxygen atoms in total. The molecule has 0 atom stereocenters. The van der Waals surface area contributed by atoms with Gasteiger partial charge in [0, 0.05) is 36.0 Å². The van der Waals surface area contributed by atoms with Gasteiger partial charge in [0.2, 0.25) is 17.7 Å². The van der Waals surface area contributed by atoms with E-state index in [1.165, 1.54) is 5.56 Å². The number of hydrogen-bond acceptors (Lipinski definition) is 9. The normalized spacial score (nSPS) is 12.7. The average Bonchev–Trinajstić information content (AvgIpc) is 3.36. The summed E-state index contributed by atoms with van der Waals surface area (Å²) in [4.78, 5) is 20.1. The maximum absolute atomic E-state index is 11.5. The fourth-order valence-corrected chi connectivity index (χ4v) is 3.62. The molecule has 5 N–H and O–H groups in total. The van der Waals surface area contributed by atoms with E-state index >= 15 is 0 Å². The predicted molar refractivity (Wildman–Crippen MR) is 142 cm³/mol. The summed E-state index contributed by atoms with van der Waals surface area (Å²) < 4.78 is 5.71. The van der Waals surface area contributed by atoms with Crippen molar-refractivity contribution in [2.45, 2.75) is 45.4 Å². The van der Waals surface area contributed by atoms with Crippen LogP contribution < -0.4 is 16.4 Å². The fourth-order valence-electron chi connectivity index (χ4n) is 3.62. The molecule has 0 fully saturated rings. The van der Waals surface area contributed by atoms with Crippen molar-refractivity contribution >= 4 is 29.0 Å². The van der Waals surface area contributed by atoms with Crippen molar-refractivity contribution < 1.29 is 14.3 Å². The number of nitrogen functional groups attached to an aromatic ring is 1. The highest BCUT2D eigenvalue weighted by Crippen LogP contribution is 2.29. The molecule has 1 aliphatic rings. The second-order valence-electron chi connectivity index (χ2n) is 9.66. The fraction of sp³-hybridized carbons (Fsp3) is 0.296.